The summed E-state index contributed by atoms with van der Waals surface area (Å²) in [6.45, 7) is 0. The highest BCUT2D eigenvalue weighted by Gasteiger charge is 2.33. The normalized spacial score (nSPS) is 11.8. The molecule has 0 atom stereocenters. The fourth-order valence-electron chi connectivity index (χ4n) is 1.89. The maximum absolute atomic E-state index is 12.8. The number of fused-ring (bicyclic) bond motifs is 1. The minimum atomic E-state index is -4.56. The molecule has 0 saturated heterocycles. The zero-order chi connectivity index (χ0) is 15.0. The Morgan fingerprint density at radius 3 is 2.48 bits per heavy atom. The van der Waals surface area contributed by atoms with Crippen LogP contribution in [-0.2, 0) is 6.18 Å². The van der Waals surface area contributed by atoms with Crippen LogP contribution < -0.4 is 11.3 Å². The summed E-state index contributed by atoms with van der Waals surface area (Å²) in [5, 5.41) is 4.19. The van der Waals surface area contributed by atoms with E-state index in [9.17, 15) is 13.2 Å². The van der Waals surface area contributed by atoms with E-state index in [0.717, 1.165) is 6.07 Å². The highest BCUT2D eigenvalue weighted by Crippen LogP contribution is 2.30. The summed E-state index contributed by atoms with van der Waals surface area (Å²) >= 11 is 0. The van der Waals surface area contributed by atoms with Crippen molar-refractivity contribution >= 4 is 11.5 Å². The van der Waals surface area contributed by atoms with Crippen molar-refractivity contribution in [3.63, 3.8) is 0 Å². The first-order valence-electron chi connectivity index (χ1n) is 5.84. The lowest BCUT2D eigenvalue weighted by molar-refractivity contribution is -0.141. The average Bonchev–Trinajstić information content (AvgIpc) is 2.90. The number of anilines is 1. The minimum absolute atomic E-state index is 0.00682. The Balaban J connectivity index is 2.21. The fraction of sp³-hybridized carbons (Fsp3) is 0.0833. The molecular weight excluding hydrogens is 285 g/mol. The van der Waals surface area contributed by atoms with Gasteiger partial charge in [0, 0.05) is 30.1 Å². The number of alkyl halides is 3. The highest BCUT2D eigenvalue weighted by molar-refractivity contribution is 5.65. The molecule has 108 valence electrons. The van der Waals surface area contributed by atoms with Crippen LogP contribution in [0.1, 0.15) is 5.69 Å². The Bertz CT molecular complexity index is 781. The van der Waals surface area contributed by atoms with Gasteiger partial charge in [0.25, 0.3) is 0 Å². The van der Waals surface area contributed by atoms with Crippen LogP contribution >= 0.6 is 0 Å². The summed E-state index contributed by atoms with van der Waals surface area (Å²) in [7, 11) is 0. The van der Waals surface area contributed by atoms with Gasteiger partial charge in [-0.25, -0.2) is 10.8 Å². The Morgan fingerprint density at radius 2 is 1.86 bits per heavy atom. The van der Waals surface area contributed by atoms with E-state index in [4.69, 9.17) is 5.84 Å². The van der Waals surface area contributed by atoms with Crippen molar-refractivity contribution in [2.75, 3.05) is 5.43 Å². The quantitative estimate of drug-likeness (QED) is 0.559. The van der Waals surface area contributed by atoms with E-state index in [0.29, 0.717) is 11.3 Å². The van der Waals surface area contributed by atoms with Crippen LogP contribution in [0.25, 0.3) is 16.9 Å². The Labute approximate surface area is 116 Å². The molecule has 3 aromatic rings. The van der Waals surface area contributed by atoms with Gasteiger partial charge in [-0.2, -0.15) is 22.8 Å². The fourth-order valence-corrected chi connectivity index (χ4v) is 1.89. The lowest BCUT2D eigenvalue weighted by atomic mass is 10.2. The van der Waals surface area contributed by atoms with E-state index in [1.54, 1.807) is 24.5 Å². The van der Waals surface area contributed by atoms with Crippen LogP contribution in [0.4, 0.5) is 19.0 Å². The van der Waals surface area contributed by atoms with Crippen LogP contribution in [0.5, 0.6) is 0 Å². The van der Waals surface area contributed by atoms with Gasteiger partial charge in [-0.3, -0.25) is 4.98 Å². The second-order valence-corrected chi connectivity index (χ2v) is 4.20. The van der Waals surface area contributed by atoms with Crippen molar-refractivity contribution in [3.8, 4) is 11.3 Å². The molecule has 3 aromatic heterocycles. The molecule has 0 aliphatic carbocycles. The van der Waals surface area contributed by atoms with E-state index in [1.165, 1.54) is 10.6 Å². The third-order valence-electron chi connectivity index (χ3n) is 2.84. The van der Waals surface area contributed by atoms with Crippen molar-refractivity contribution in [2.45, 2.75) is 6.18 Å². The van der Waals surface area contributed by atoms with E-state index < -0.39 is 11.9 Å². The number of hydrazine groups is 1. The second-order valence-electron chi connectivity index (χ2n) is 4.20. The molecule has 0 bridgehead atoms. The Morgan fingerprint density at radius 1 is 1.14 bits per heavy atom. The predicted molar refractivity (Wildman–Crippen MR) is 69.0 cm³/mol. The largest absolute Gasteiger partial charge is 0.433 e. The van der Waals surface area contributed by atoms with Crippen LogP contribution in [0.15, 0.2) is 36.7 Å². The van der Waals surface area contributed by atoms with Gasteiger partial charge in [-0.15, -0.1) is 0 Å². The standard InChI is InChI=1S/C12H9F3N6/c13-12(14,15)9-6-11(19-16)21-10(18-9)5-8(20-21)7-1-3-17-4-2-7/h1-6,19H,16H2. The average molecular weight is 294 g/mol. The van der Waals surface area contributed by atoms with E-state index >= 15 is 0 Å². The molecule has 3 heterocycles. The number of nitrogens with two attached hydrogens (primary N) is 1. The Kier molecular flexibility index (Phi) is 2.98. The number of hydrogen-bond donors (Lipinski definition) is 2. The molecule has 6 nitrogen and oxygen atoms in total. The number of rotatable bonds is 2. The smallest absolute Gasteiger partial charge is 0.308 e. The van der Waals surface area contributed by atoms with Crippen LogP contribution in [0.2, 0.25) is 0 Å². The van der Waals surface area contributed by atoms with Gasteiger partial charge in [0.15, 0.2) is 11.3 Å². The minimum Gasteiger partial charge on any atom is -0.308 e. The van der Waals surface area contributed by atoms with Crippen LogP contribution in [-0.4, -0.2) is 19.6 Å². The first-order chi connectivity index (χ1) is 9.99. The molecule has 0 radical (unpaired) electrons. The van der Waals surface area contributed by atoms with E-state index in [1.807, 2.05) is 0 Å². The van der Waals surface area contributed by atoms with Gasteiger partial charge < -0.3 is 5.43 Å². The number of halogens is 3. The second kappa shape index (κ2) is 4.70. The van der Waals surface area contributed by atoms with E-state index in [2.05, 4.69) is 20.5 Å². The monoisotopic (exact) mass is 294 g/mol. The maximum Gasteiger partial charge on any atom is 0.433 e. The maximum atomic E-state index is 12.8. The molecule has 0 amide bonds. The third-order valence-corrected chi connectivity index (χ3v) is 2.84. The molecular formula is C12H9F3N6. The molecule has 0 aliphatic heterocycles. The summed E-state index contributed by atoms with van der Waals surface area (Å²) in [4.78, 5) is 7.44. The molecule has 9 heteroatoms. The summed E-state index contributed by atoms with van der Waals surface area (Å²) in [5.74, 6) is 5.25. The summed E-state index contributed by atoms with van der Waals surface area (Å²) < 4.78 is 39.6. The van der Waals surface area contributed by atoms with Gasteiger partial charge in [-0.05, 0) is 12.1 Å². The number of nitrogens with one attached hydrogen (secondary N) is 1. The van der Waals surface area contributed by atoms with Gasteiger partial charge in [0.05, 0.1) is 5.69 Å². The van der Waals surface area contributed by atoms with Crippen LogP contribution in [0.3, 0.4) is 0 Å². The first kappa shape index (κ1) is 13.3. The molecule has 3 N–H and O–H groups in total. The van der Waals surface area contributed by atoms with Crippen molar-refractivity contribution in [2.24, 2.45) is 5.84 Å². The zero-order valence-corrected chi connectivity index (χ0v) is 10.5. The SMILES string of the molecule is NNc1cc(C(F)(F)F)nc2cc(-c3ccncc3)nn12. The van der Waals surface area contributed by atoms with Gasteiger partial charge in [-0.1, -0.05) is 0 Å². The number of pyridine rings is 1. The van der Waals surface area contributed by atoms with Gasteiger partial charge >= 0.3 is 6.18 Å². The molecule has 0 saturated carbocycles. The molecule has 3 rings (SSSR count). The molecule has 21 heavy (non-hydrogen) atoms. The zero-order valence-electron chi connectivity index (χ0n) is 10.5. The lowest BCUT2D eigenvalue weighted by Gasteiger charge is -2.09. The van der Waals surface area contributed by atoms with Crippen LogP contribution in [0, 0.1) is 0 Å². The molecule has 0 aromatic carbocycles. The molecule has 0 unspecified atom stereocenters. The molecule has 0 fully saturated rings. The number of hydrogen-bond acceptors (Lipinski definition) is 5. The molecule has 0 spiro atoms. The summed E-state index contributed by atoms with van der Waals surface area (Å²) in [6, 6.07) is 5.64. The van der Waals surface area contributed by atoms with Crippen molar-refractivity contribution in [1.82, 2.24) is 19.6 Å². The summed E-state index contributed by atoms with van der Waals surface area (Å²) in [5.41, 5.74) is 2.39. The van der Waals surface area contributed by atoms with Gasteiger partial charge in [0.2, 0.25) is 0 Å². The summed E-state index contributed by atoms with van der Waals surface area (Å²) in [6.07, 6.45) is -1.43. The van der Waals surface area contributed by atoms with Gasteiger partial charge in [0.1, 0.15) is 5.82 Å². The first-order valence-corrected chi connectivity index (χ1v) is 5.84. The molecule has 0 aliphatic rings. The Hall–Kier alpha value is -2.68. The lowest BCUT2D eigenvalue weighted by Crippen LogP contribution is -2.16. The topological polar surface area (TPSA) is 81.1 Å². The highest BCUT2D eigenvalue weighted by atomic mass is 19.4. The number of aromatic nitrogens is 4. The van der Waals surface area contributed by atoms with Crippen molar-refractivity contribution in [1.29, 1.82) is 0 Å². The predicted octanol–water partition coefficient (Wildman–Crippen LogP) is 2.10. The number of nitrogen functional groups attached to an aromatic ring is 1. The van der Waals surface area contributed by atoms with Crippen molar-refractivity contribution < 1.29 is 13.2 Å². The van der Waals surface area contributed by atoms with E-state index in [-0.39, 0.29) is 11.5 Å². The number of nitrogens with zero attached hydrogens (tertiary/aromatic N) is 4. The third kappa shape index (κ3) is 2.38. The van der Waals surface area contributed by atoms with Crippen molar-refractivity contribution in [3.05, 3.63) is 42.4 Å².